The number of nitrogens with zero attached hydrogens (tertiary/aromatic N) is 1. The Labute approximate surface area is 121 Å². The number of rotatable bonds is 7. The average Bonchev–Trinajstić information content (AvgIpc) is 2.45. The van der Waals surface area contributed by atoms with Crippen LogP contribution in [0.5, 0.6) is 5.75 Å². The number of aromatic hydroxyl groups is 1. The van der Waals surface area contributed by atoms with Crippen LogP contribution < -0.4 is 5.32 Å². The molecule has 0 atom stereocenters. The van der Waals surface area contributed by atoms with Crippen LogP contribution in [0.4, 0.5) is 10.5 Å². The first-order valence-corrected chi connectivity index (χ1v) is 6.21. The number of nitrogens with one attached hydrogen (secondary N) is 1. The number of aliphatic hydroxyl groups excluding tert-OH is 1. The van der Waals surface area contributed by atoms with Gasteiger partial charge in [-0.1, -0.05) is 0 Å². The first-order valence-electron chi connectivity index (χ1n) is 6.21. The number of hydrogen-bond donors (Lipinski definition) is 4. The van der Waals surface area contributed by atoms with Crippen LogP contribution in [0.25, 0.3) is 0 Å². The van der Waals surface area contributed by atoms with Crippen molar-refractivity contribution in [1.29, 1.82) is 0 Å². The molecule has 1 aromatic carbocycles. The molecule has 0 radical (unpaired) electrons. The Morgan fingerprint density at radius 3 is 2.62 bits per heavy atom. The van der Waals surface area contributed by atoms with E-state index in [-0.39, 0.29) is 36.7 Å². The van der Waals surface area contributed by atoms with Crippen LogP contribution in [0.1, 0.15) is 10.4 Å². The number of urea groups is 1. The molecule has 8 heteroatoms. The van der Waals surface area contributed by atoms with Crippen molar-refractivity contribution in [2.24, 2.45) is 0 Å². The highest BCUT2D eigenvalue weighted by atomic mass is 16.5. The lowest BCUT2D eigenvalue weighted by Crippen LogP contribution is -2.39. The van der Waals surface area contributed by atoms with Gasteiger partial charge in [-0.25, -0.2) is 9.59 Å². The second-order valence-corrected chi connectivity index (χ2v) is 4.17. The summed E-state index contributed by atoms with van der Waals surface area (Å²) < 4.78 is 4.87. The monoisotopic (exact) mass is 298 g/mol. The maximum absolute atomic E-state index is 12.0. The topological polar surface area (TPSA) is 119 Å². The van der Waals surface area contributed by atoms with Crippen molar-refractivity contribution in [3.05, 3.63) is 23.8 Å². The zero-order valence-corrected chi connectivity index (χ0v) is 11.6. The van der Waals surface area contributed by atoms with Gasteiger partial charge in [-0.3, -0.25) is 0 Å². The minimum Gasteiger partial charge on any atom is -0.507 e. The van der Waals surface area contributed by atoms with Crippen molar-refractivity contribution >= 4 is 17.7 Å². The average molecular weight is 298 g/mol. The van der Waals surface area contributed by atoms with Crippen LogP contribution >= 0.6 is 0 Å². The predicted molar refractivity (Wildman–Crippen MR) is 74.6 cm³/mol. The van der Waals surface area contributed by atoms with Crippen LogP contribution in [-0.2, 0) is 4.74 Å². The lowest BCUT2D eigenvalue weighted by Gasteiger charge is -2.21. The largest absolute Gasteiger partial charge is 0.507 e. The van der Waals surface area contributed by atoms with E-state index < -0.39 is 12.0 Å². The molecule has 0 aliphatic rings. The standard InChI is InChI=1S/C13H18N2O6/c1-21-7-5-15(4-6-16)13(20)14-9-2-3-11(17)10(8-9)12(18)19/h2-3,8,16-17H,4-7H2,1H3,(H,14,20)(H,18,19). The third-order valence-electron chi connectivity index (χ3n) is 2.70. The van der Waals surface area contributed by atoms with Gasteiger partial charge in [0.05, 0.1) is 13.2 Å². The summed E-state index contributed by atoms with van der Waals surface area (Å²) in [6, 6.07) is 3.23. The summed E-state index contributed by atoms with van der Waals surface area (Å²) in [7, 11) is 1.49. The Bertz CT molecular complexity index is 505. The molecule has 8 nitrogen and oxygen atoms in total. The van der Waals surface area contributed by atoms with Gasteiger partial charge in [0.25, 0.3) is 0 Å². The highest BCUT2D eigenvalue weighted by Gasteiger charge is 2.15. The highest BCUT2D eigenvalue weighted by Crippen LogP contribution is 2.21. The third kappa shape index (κ3) is 4.93. The molecule has 0 aliphatic carbocycles. The smallest absolute Gasteiger partial charge is 0.339 e. The van der Waals surface area contributed by atoms with E-state index in [4.69, 9.17) is 14.9 Å². The SMILES string of the molecule is COCCN(CCO)C(=O)Nc1ccc(O)c(C(=O)O)c1. The Kier molecular flexibility index (Phi) is 6.44. The number of hydrogen-bond acceptors (Lipinski definition) is 5. The van der Waals surface area contributed by atoms with Gasteiger partial charge in [-0.15, -0.1) is 0 Å². The number of aliphatic hydroxyl groups is 1. The zero-order chi connectivity index (χ0) is 15.8. The fraction of sp³-hybridized carbons (Fsp3) is 0.385. The van der Waals surface area contributed by atoms with Crippen molar-refractivity contribution in [2.45, 2.75) is 0 Å². The number of carbonyl (C=O) groups excluding carboxylic acids is 1. The quantitative estimate of drug-likeness (QED) is 0.546. The van der Waals surface area contributed by atoms with Crippen molar-refractivity contribution in [3.8, 4) is 5.75 Å². The van der Waals surface area contributed by atoms with Crippen molar-refractivity contribution in [3.63, 3.8) is 0 Å². The summed E-state index contributed by atoms with van der Waals surface area (Å²) in [5.41, 5.74) is -0.0750. The van der Waals surface area contributed by atoms with Crippen molar-refractivity contribution in [1.82, 2.24) is 4.90 Å². The molecule has 0 spiro atoms. The molecular formula is C13H18N2O6. The molecule has 0 saturated carbocycles. The fourth-order valence-electron chi connectivity index (χ4n) is 1.62. The lowest BCUT2D eigenvalue weighted by molar-refractivity contribution is 0.0693. The third-order valence-corrected chi connectivity index (χ3v) is 2.70. The van der Waals surface area contributed by atoms with E-state index in [2.05, 4.69) is 5.32 Å². The zero-order valence-electron chi connectivity index (χ0n) is 11.6. The minimum atomic E-state index is -1.30. The summed E-state index contributed by atoms with van der Waals surface area (Å²) in [6.07, 6.45) is 0. The highest BCUT2D eigenvalue weighted by molar-refractivity contribution is 5.95. The molecule has 116 valence electrons. The molecule has 4 N–H and O–H groups in total. The number of carbonyl (C=O) groups is 2. The Morgan fingerprint density at radius 2 is 2.05 bits per heavy atom. The number of amides is 2. The second kappa shape index (κ2) is 8.08. The molecule has 0 saturated heterocycles. The summed E-state index contributed by atoms with van der Waals surface area (Å²) in [5.74, 6) is -1.68. The molecule has 2 amide bonds. The van der Waals surface area contributed by atoms with E-state index in [1.807, 2.05) is 0 Å². The number of carboxylic acid groups (broad SMARTS) is 1. The Morgan fingerprint density at radius 1 is 1.33 bits per heavy atom. The number of phenols is 1. The molecule has 0 aliphatic heterocycles. The molecule has 0 unspecified atom stereocenters. The first-order chi connectivity index (χ1) is 9.99. The maximum Gasteiger partial charge on any atom is 0.339 e. The van der Waals surface area contributed by atoms with E-state index >= 15 is 0 Å². The Balaban J connectivity index is 2.80. The summed E-state index contributed by atoms with van der Waals surface area (Å²) in [5, 5.41) is 29.7. The van der Waals surface area contributed by atoms with Crippen LogP contribution in [0.3, 0.4) is 0 Å². The van der Waals surface area contributed by atoms with E-state index in [0.29, 0.717) is 6.61 Å². The number of methoxy groups -OCH3 is 1. The van der Waals surface area contributed by atoms with Crippen LogP contribution in [-0.4, -0.2) is 65.6 Å². The van der Waals surface area contributed by atoms with Crippen molar-refractivity contribution in [2.75, 3.05) is 38.7 Å². The van der Waals surface area contributed by atoms with E-state index in [0.717, 1.165) is 6.07 Å². The molecular weight excluding hydrogens is 280 g/mol. The van der Waals surface area contributed by atoms with E-state index in [9.17, 15) is 14.7 Å². The summed E-state index contributed by atoms with van der Waals surface area (Å²) >= 11 is 0. The summed E-state index contributed by atoms with van der Waals surface area (Å²) in [6.45, 7) is 0.516. The predicted octanol–water partition coefficient (Wildman–Crippen LogP) is 0.563. The van der Waals surface area contributed by atoms with E-state index in [1.54, 1.807) is 0 Å². The number of anilines is 1. The van der Waals surface area contributed by atoms with Crippen LogP contribution in [0.15, 0.2) is 18.2 Å². The van der Waals surface area contributed by atoms with Crippen LogP contribution in [0.2, 0.25) is 0 Å². The maximum atomic E-state index is 12.0. The minimum absolute atomic E-state index is 0.124. The van der Waals surface area contributed by atoms with Gasteiger partial charge in [-0.05, 0) is 18.2 Å². The molecule has 0 aromatic heterocycles. The molecule has 21 heavy (non-hydrogen) atoms. The number of carboxylic acids is 1. The van der Waals surface area contributed by atoms with E-state index in [1.165, 1.54) is 24.1 Å². The Hall–Kier alpha value is -2.32. The number of ether oxygens (including phenoxy) is 1. The fourth-order valence-corrected chi connectivity index (χ4v) is 1.62. The number of benzene rings is 1. The molecule has 0 bridgehead atoms. The molecule has 0 fully saturated rings. The van der Waals surface area contributed by atoms with Gasteiger partial charge in [0, 0.05) is 25.9 Å². The normalized spacial score (nSPS) is 10.2. The van der Waals surface area contributed by atoms with Crippen molar-refractivity contribution < 1.29 is 29.6 Å². The van der Waals surface area contributed by atoms with Gasteiger partial charge in [0.15, 0.2) is 0 Å². The lowest BCUT2D eigenvalue weighted by atomic mass is 10.2. The second-order valence-electron chi connectivity index (χ2n) is 4.17. The van der Waals surface area contributed by atoms with Gasteiger partial charge in [0.2, 0.25) is 0 Å². The molecule has 0 heterocycles. The first kappa shape index (κ1) is 16.7. The molecule has 1 rings (SSSR count). The van der Waals surface area contributed by atoms with Gasteiger partial charge in [-0.2, -0.15) is 0 Å². The van der Waals surface area contributed by atoms with Gasteiger partial charge in [0.1, 0.15) is 11.3 Å². The van der Waals surface area contributed by atoms with Crippen LogP contribution in [0, 0.1) is 0 Å². The molecule has 1 aromatic rings. The number of aromatic carboxylic acids is 1. The van der Waals surface area contributed by atoms with Gasteiger partial charge >= 0.3 is 12.0 Å². The van der Waals surface area contributed by atoms with Gasteiger partial charge < -0.3 is 30.3 Å². The summed E-state index contributed by atoms with van der Waals surface area (Å²) in [4.78, 5) is 24.2.